The van der Waals surface area contributed by atoms with Crippen LogP contribution < -0.4 is 0 Å². The van der Waals surface area contributed by atoms with Crippen LogP contribution >= 0.6 is 23.2 Å². The van der Waals surface area contributed by atoms with Gasteiger partial charge in [-0.1, -0.05) is 89.9 Å². The molecule has 142 valence electrons. The summed E-state index contributed by atoms with van der Waals surface area (Å²) < 4.78 is 0. The summed E-state index contributed by atoms with van der Waals surface area (Å²) in [7, 11) is 0. The molecule has 0 spiro atoms. The largest absolute Gasteiger partial charge is 0.0843 e. The first kappa shape index (κ1) is 17.8. The highest BCUT2D eigenvalue weighted by Gasteiger charge is 2.19. The lowest BCUT2D eigenvalue weighted by Gasteiger charge is -2.11. The van der Waals surface area contributed by atoms with Crippen molar-refractivity contribution in [2.24, 2.45) is 0 Å². The Hall–Kier alpha value is -3.06. The number of halogens is 2. The van der Waals surface area contributed by atoms with Crippen molar-refractivity contribution >= 4 is 55.5 Å². The summed E-state index contributed by atoms with van der Waals surface area (Å²) in [5, 5.41) is 9.07. The van der Waals surface area contributed by atoms with E-state index in [2.05, 4.69) is 78.9 Å². The van der Waals surface area contributed by atoms with Gasteiger partial charge in [0.2, 0.25) is 0 Å². The predicted octanol–water partition coefficient (Wildman–Crippen LogP) is 9.22. The molecular formula is C28H16Cl2. The third kappa shape index (κ3) is 2.61. The highest BCUT2D eigenvalue weighted by molar-refractivity contribution is 6.33. The van der Waals surface area contributed by atoms with Crippen molar-refractivity contribution in [3.63, 3.8) is 0 Å². The van der Waals surface area contributed by atoms with Gasteiger partial charge in [0.1, 0.15) is 0 Å². The van der Waals surface area contributed by atoms with E-state index in [-0.39, 0.29) is 0 Å². The van der Waals surface area contributed by atoms with Crippen molar-refractivity contribution in [3.8, 4) is 22.3 Å². The first-order chi connectivity index (χ1) is 14.7. The minimum atomic E-state index is 0.726. The standard InChI is InChI=1S/C28H16Cl2/c29-19-11-9-17(10-12-19)21-14-13-20(30)15-18-16-26-24-7-2-1-5-22(24)23-6-3-4-8-25(23)28(26)27(18)21/h1-16H. The van der Waals surface area contributed by atoms with Gasteiger partial charge in [0.05, 0.1) is 0 Å². The Morgan fingerprint density at radius 2 is 1.00 bits per heavy atom. The predicted molar refractivity (Wildman–Crippen MR) is 131 cm³/mol. The van der Waals surface area contributed by atoms with Crippen molar-refractivity contribution in [1.29, 1.82) is 0 Å². The summed E-state index contributed by atoms with van der Waals surface area (Å²) in [4.78, 5) is 0. The topological polar surface area (TPSA) is 0 Å². The summed E-state index contributed by atoms with van der Waals surface area (Å²) >= 11 is 12.7. The second kappa shape index (κ2) is 6.74. The molecule has 6 rings (SSSR count). The van der Waals surface area contributed by atoms with E-state index in [1.165, 1.54) is 37.9 Å². The van der Waals surface area contributed by atoms with Crippen LogP contribution in [0.2, 0.25) is 10.0 Å². The van der Waals surface area contributed by atoms with E-state index < -0.39 is 0 Å². The van der Waals surface area contributed by atoms with Gasteiger partial charge in [0, 0.05) is 10.0 Å². The lowest BCUT2D eigenvalue weighted by Crippen LogP contribution is -1.83. The van der Waals surface area contributed by atoms with E-state index in [9.17, 15) is 0 Å². The molecular weight excluding hydrogens is 407 g/mol. The molecule has 0 aromatic heterocycles. The van der Waals surface area contributed by atoms with Crippen LogP contribution in [0.1, 0.15) is 0 Å². The zero-order valence-electron chi connectivity index (χ0n) is 16.0. The van der Waals surface area contributed by atoms with Gasteiger partial charge >= 0.3 is 0 Å². The molecule has 0 N–H and O–H groups in total. The number of fused-ring (bicyclic) bond motifs is 8. The normalized spacial score (nSPS) is 11.7. The molecule has 0 fully saturated rings. The summed E-state index contributed by atoms with van der Waals surface area (Å²) in [6.07, 6.45) is 0. The Kier molecular flexibility index (Phi) is 3.99. The molecule has 0 bridgehead atoms. The second-order valence-electron chi connectivity index (χ2n) is 7.64. The fourth-order valence-electron chi connectivity index (χ4n) is 4.68. The molecule has 0 unspecified atom stereocenters. The van der Waals surface area contributed by atoms with Gasteiger partial charge in [-0.2, -0.15) is 0 Å². The number of hydrogen-bond donors (Lipinski definition) is 0. The number of hydrogen-bond acceptors (Lipinski definition) is 0. The van der Waals surface area contributed by atoms with Gasteiger partial charge in [0.15, 0.2) is 0 Å². The Balaban J connectivity index is 1.89. The van der Waals surface area contributed by atoms with Crippen LogP contribution in [0.4, 0.5) is 0 Å². The molecule has 2 heteroatoms. The Bertz CT molecular complexity index is 1550. The molecule has 0 atom stereocenters. The average molecular weight is 423 g/mol. The van der Waals surface area contributed by atoms with Crippen molar-refractivity contribution < 1.29 is 0 Å². The molecule has 0 nitrogen and oxygen atoms in total. The Morgan fingerprint density at radius 1 is 0.433 bits per heavy atom. The molecule has 4 aromatic rings. The summed E-state index contributed by atoms with van der Waals surface area (Å²) in [6.45, 7) is 0. The molecule has 4 aromatic carbocycles. The number of rotatable bonds is 1. The second-order valence-corrected chi connectivity index (χ2v) is 8.51. The minimum Gasteiger partial charge on any atom is -0.0843 e. The van der Waals surface area contributed by atoms with E-state index in [0.29, 0.717) is 0 Å². The maximum atomic E-state index is 6.53. The zero-order chi connectivity index (χ0) is 20.2. The summed E-state index contributed by atoms with van der Waals surface area (Å²) in [6, 6.07) is 33.8. The van der Waals surface area contributed by atoms with Crippen molar-refractivity contribution in [2.75, 3.05) is 0 Å². The van der Waals surface area contributed by atoms with Gasteiger partial charge in [-0.15, -0.1) is 0 Å². The Morgan fingerprint density at radius 3 is 1.70 bits per heavy atom. The van der Waals surface area contributed by atoms with Crippen LogP contribution in [0, 0.1) is 0 Å². The third-order valence-corrected chi connectivity index (χ3v) is 6.43. The van der Waals surface area contributed by atoms with Crippen LogP contribution in [0.5, 0.6) is 0 Å². The molecule has 2 aliphatic rings. The summed E-state index contributed by atoms with van der Waals surface area (Å²) in [5.41, 5.74) is 4.65. The van der Waals surface area contributed by atoms with E-state index >= 15 is 0 Å². The van der Waals surface area contributed by atoms with E-state index in [0.717, 1.165) is 26.7 Å². The van der Waals surface area contributed by atoms with Gasteiger partial charge in [-0.25, -0.2) is 0 Å². The van der Waals surface area contributed by atoms with Crippen LogP contribution in [0.25, 0.3) is 54.6 Å². The van der Waals surface area contributed by atoms with Crippen LogP contribution in [0.3, 0.4) is 0 Å². The maximum Gasteiger partial charge on any atom is 0.0412 e. The first-order valence-electron chi connectivity index (χ1n) is 9.92. The van der Waals surface area contributed by atoms with E-state index in [4.69, 9.17) is 23.2 Å². The highest BCUT2D eigenvalue weighted by atomic mass is 35.5. The molecule has 2 aliphatic carbocycles. The lowest BCUT2D eigenvalue weighted by molar-refractivity contribution is 1.66. The molecule has 0 radical (unpaired) electrons. The van der Waals surface area contributed by atoms with Crippen molar-refractivity contribution in [1.82, 2.24) is 0 Å². The fourth-order valence-corrected chi connectivity index (χ4v) is 4.98. The zero-order valence-corrected chi connectivity index (χ0v) is 17.5. The third-order valence-electron chi connectivity index (χ3n) is 5.94. The molecule has 0 saturated carbocycles. The van der Waals surface area contributed by atoms with Gasteiger partial charge < -0.3 is 0 Å². The first-order valence-corrected chi connectivity index (χ1v) is 10.7. The van der Waals surface area contributed by atoms with E-state index in [1.807, 2.05) is 18.2 Å². The van der Waals surface area contributed by atoms with Crippen molar-refractivity contribution in [3.05, 3.63) is 107 Å². The summed E-state index contributed by atoms with van der Waals surface area (Å²) in [5.74, 6) is 0. The SMILES string of the molecule is Clc1ccc(-c2ccc(Cl)cc3cc4c5ccccc5c5ccccc5c4c2-3)cc1. The average Bonchev–Trinajstić information content (AvgIpc) is 3.06. The van der Waals surface area contributed by atoms with Gasteiger partial charge in [0.25, 0.3) is 0 Å². The van der Waals surface area contributed by atoms with Crippen LogP contribution in [-0.2, 0) is 0 Å². The highest BCUT2D eigenvalue weighted by Crippen LogP contribution is 2.47. The molecule has 0 amide bonds. The quantitative estimate of drug-likeness (QED) is 0.231. The number of benzene rings is 4. The van der Waals surface area contributed by atoms with Gasteiger partial charge in [-0.3, -0.25) is 0 Å². The Labute approximate surface area is 184 Å². The van der Waals surface area contributed by atoms with Gasteiger partial charge in [-0.05, 0) is 84.9 Å². The molecule has 0 aliphatic heterocycles. The monoisotopic (exact) mass is 422 g/mol. The molecule has 0 heterocycles. The van der Waals surface area contributed by atoms with Crippen LogP contribution in [0.15, 0.2) is 97.1 Å². The molecule has 30 heavy (non-hydrogen) atoms. The van der Waals surface area contributed by atoms with E-state index in [1.54, 1.807) is 0 Å². The smallest absolute Gasteiger partial charge is 0.0412 e. The maximum absolute atomic E-state index is 6.53. The lowest BCUT2D eigenvalue weighted by atomic mass is 9.92. The molecule has 0 saturated heterocycles. The van der Waals surface area contributed by atoms with Crippen LogP contribution in [-0.4, -0.2) is 0 Å². The van der Waals surface area contributed by atoms with Crippen molar-refractivity contribution in [2.45, 2.75) is 0 Å². The minimum absolute atomic E-state index is 0.726. The fraction of sp³-hybridized carbons (Fsp3) is 0.